The minimum atomic E-state index is -4.50. The van der Waals surface area contributed by atoms with Crippen molar-refractivity contribution in [2.45, 2.75) is 19.5 Å². The average molecular weight is 404 g/mol. The van der Waals surface area contributed by atoms with Gasteiger partial charge in [0.15, 0.2) is 0 Å². The van der Waals surface area contributed by atoms with E-state index in [2.05, 4.69) is 0 Å². The Kier molecular flexibility index (Phi) is 3.76. The Hall–Kier alpha value is -2.64. The van der Waals surface area contributed by atoms with Crippen molar-refractivity contribution in [3.05, 3.63) is 47.5 Å². The Balaban J connectivity index is 1.43. The second kappa shape index (κ2) is 5.93. The second-order valence-corrected chi connectivity index (χ2v) is 8.24. The van der Waals surface area contributed by atoms with Gasteiger partial charge in [0.05, 0.1) is 17.4 Å². The van der Waals surface area contributed by atoms with E-state index in [4.69, 9.17) is 0 Å². The van der Waals surface area contributed by atoms with Crippen molar-refractivity contribution in [2.75, 3.05) is 6.54 Å². The molecule has 152 valence electrons. The molecule has 5 nitrogen and oxygen atoms in total. The predicted molar refractivity (Wildman–Crippen MR) is 94.7 cm³/mol. The molecule has 6 atom stereocenters. The number of halogens is 3. The summed E-state index contributed by atoms with van der Waals surface area (Å²) in [5, 5.41) is 2.02. The number of hydrogen-bond donors (Lipinski definition) is 0. The van der Waals surface area contributed by atoms with Gasteiger partial charge in [-0.25, -0.2) is 5.01 Å². The van der Waals surface area contributed by atoms with Crippen molar-refractivity contribution >= 4 is 17.7 Å². The van der Waals surface area contributed by atoms with Crippen LogP contribution < -0.4 is 0 Å². The third-order valence-electron chi connectivity index (χ3n) is 6.87. The minimum Gasteiger partial charge on any atom is -0.272 e. The van der Waals surface area contributed by atoms with Gasteiger partial charge in [0.25, 0.3) is 17.7 Å². The van der Waals surface area contributed by atoms with Crippen molar-refractivity contribution < 1.29 is 27.6 Å². The van der Waals surface area contributed by atoms with Gasteiger partial charge in [-0.05, 0) is 61.3 Å². The highest BCUT2D eigenvalue weighted by atomic mass is 19.4. The molecule has 4 aliphatic carbocycles. The highest BCUT2D eigenvalue weighted by Gasteiger charge is 2.68. The molecule has 1 saturated heterocycles. The molecule has 1 aromatic carbocycles. The molecular weight excluding hydrogens is 385 g/mol. The number of benzene rings is 1. The first-order valence-electron chi connectivity index (χ1n) is 9.79. The molecule has 0 radical (unpaired) electrons. The molecule has 8 heteroatoms. The standard InChI is InChI=1S/C21H19F3N2O3/c1-2-25(18(27)10-3-5-11(6-4-10)21(22,23)24)26-19(28)16-12-7-8-13(15-9-14(12)15)17(16)20(26)29/h3-8,12-17H,2,9H2,1H3/t12?,13?,14?,15?,16-,17+. The molecule has 2 bridgehead atoms. The topological polar surface area (TPSA) is 57.7 Å². The Labute approximate surface area is 165 Å². The fourth-order valence-corrected chi connectivity index (χ4v) is 5.51. The minimum absolute atomic E-state index is 0.000680. The third kappa shape index (κ3) is 2.50. The molecule has 2 saturated carbocycles. The monoisotopic (exact) mass is 404 g/mol. The molecule has 5 aliphatic rings. The van der Waals surface area contributed by atoms with E-state index in [1.807, 2.05) is 12.2 Å². The summed E-state index contributed by atoms with van der Waals surface area (Å²) in [6.45, 7) is 1.70. The summed E-state index contributed by atoms with van der Waals surface area (Å²) in [5.41, 5.74) is -0.863. The normalized spacial score (nSPS) is 34.3. The van der Waals surface area contributed by atoms with Crippen LogP contribution in [0.25, 0.3) is 0 Å². The zero-order valence-corrected chi connectivity index (χ0v) is 15.6. The molecular formula is C21H19F3N2O3. The SMILES string of the molecule is CCN(C(=O)c1ccc(C(F)(F)F)cc1)N1C(=O)[C@@H]2C3C=CC(C4CC43)[C@@H]2C1=O. The van der Waals surface area contributed by atoms with Gasteiger partial charge in [-0.3, -0.25) is 14.4 Å². The summed E-state index contributed by atoms with van der Waals surface area (Å²) >= 11 is 0. The van der Waals surface area contributed by atoms with Crippen LogP contribution in [0.15, 0.2) is 36.4 Å². The fourth-order valence-electron chi connectivity index (χ4n) is 5.51. The van der Waals surface area contributed by atoms with Crippen LogP contribution in [0.5, 0.6) is 0 Å². The highest BCUT2D eigenvalue weighted by molar-refractivity contribution is 6.08. The van der Waals surface area contributed by atoms with Crippen LogP contribution in [0.4, 0.5) is 13.2 Å². The predicted octanol–water partition coefficient (Wildman–Crippen LogP) is 3.14. The van der Waals surface area contributed by atoms with Gasteiger partial charge in [0.2, 0.25) is 0 Å². The molecule has 0 aromatic heterocycles. The first-order valence-corrected chi connectivity index (χ1v) is 9.79. The van der Waals surface area contributed by atoms with Crippen molar-refractivity contribution in [3.63, 3.8) is 0 Å². The largest absolute Gasteiger partial charge is 0.416 e. The van der Waals surface area contributed by atoms with Crippen molar-refractivity contribution in [3.8, 4) is 0 Å². The van der Waals surface area contributed by atoms with Crippen LogP contribution >= 0.6 is 0 Å². The Morgan fingerprint density at radius 1 is 1.03 bits per heavy atom. The number of allylic oxidation sites excluding steroid dienone is 2. The molecule has 1 aliphatic heterocycles. The Morgan fingerprint density at radius 3 is 2.00 bits per heavy atom. The van der Waals surface area contributed by atoms with Crippen LogP contribution in [0.2, 0.25) is 0 Å². The maximum absolute atomic E-state index is 13.2. The first-order chi connectivity index (χ1) is 13.7. The molecule has 29 heavy (non-hydrogen) atoms. The van der Waals surface area contributed by atoms with Crippen LogP contribution in [-0.2, 0) is 15.8 Å². The van der Waals surface area contributed by atoms with E-state index in [0.717, 1.165) is 40.7 Å². The van der Waals surface area contributed by atoms with Gasteiger partial charge in [0, 0.05) is 12.1 Å². The maximum atomic E-state index is 13.2. The van der Waals surface area contributed by atoms with Gasteiger partial charge >= 0.3 is 6.18 Å². The molecule has 6 rings (SSSR count). The lowest BCUT2D eigenvalue weighted by atomic mass is 9.63. The molecule has 1 aromatic rings. The number of rotatable bonds is 3. The van der Waals surface area contributed by atoms with Gasteiger partial charge in [0.1, 0.15) is 0 Å². The van der Waals surface area contributed by atoms with E-state index in [0.29, 0.717) is 11.8 Å². The number of imide groups is 1. The number of carbonyl (C=O) groups excluding carboxylic acids is 3. The number of carbonyl (C=O) groups is 3. The van der Waals surface area contributed by atoms with Crippen LogP contribution in [0.3, 0.4) is 0 Å². The smallest absolute Gasteiger partial charge is 0.272 e. The lowest BCUT2D eigenvalue weighted by Gasteiger charge is -2.37. The highest BCUT2D eigenvalue weighted by Crippen LogP contribution is 2.65. The summed E-state index contributed by atoms with van der Waals surface area (Å²) in [4.78, 5) is 39.3. The molecule has 3 amide bonds. The zero-order valence-electron chi connectivity index (χ0n) is 15.6. The third-order valence-corrected chi connectivity index (χ3v) is 6.87. The molecule has 0 N–H and O–H groups in total. The summed E-state index contributed by atoms with van der Waals surface area (Å²) in [6, 6.07) is 3.80. The summed E-state index contributed by atoms with van der Waals surface area (Å²) in [5.74, 6) is -1.29. The Bertz CT molecular complexity index is 903. The lowest BCUT2D eigenvalue weighted by Crippen LogP contribution is -2.50. The van der Waals surface area contributed by atoms with E-state index in [1.165, 1.54) is 0 Å². The van der Waals surface area contributed by atoms with Gasteiger partial charge < -0.3 is 0 Å². The number of nitrogens with zero attached hydrogens (tertiary/aromatic N) is 2. The van der Waals surface area contributed by atoms with Gasteiger partial charge in [-0.15, -0.1) is 0 Å². The summed E-state index contributed by atoms with van der Waals surface area (Å²) in [6.07, 6.45) is 0.624. The number of amides is 3. The van der Waals surface area contributed by atoms with Gasteiger partial charge in [-0.2, -0.15) is 18.2 Å². The molecule has 3 fully saturated rings. The van der Waals surface area contributed by atoms with Crippen molar-refractivity contribution in [1.82, 2.24) is 10.0 Å². The maximum Gasteiger partial charge on any atom is 0.416 e. The van der Waals surface area contributed by atoms with E-state index >= 15 is 0 Å². The quantitative estimate of drug-likeness (QED) is 0.575. The summed E-state index contributed by atoms with van der Waals surface area (Å²) < 4.78 is 38.3. The number of hydrazine groups is 1. The molecule has 1 heterocycles. The summed E-state index contributed by atoms with van der Waals surface area (Å²) in [7, 11) is 0. The fraction of sp³-hybridized carbons (Fsp3) is 0.476. The number of hydrogen-bond acceptors (Lipinski definition) is 3. The molecule has 4 unspecified atom stereocenters. The van der Waals surface area contributed by atoms with Crippen LogP contribution in [0, 0.1) is 35.5 Å². The van der Waals surface area contributed by atoms with Gasteiger partial charge in [-0.1, -0.05) is 12.2 Å². The van der Waals surface area contributed by atoms with Crippen molar-refractivity contribution in [2.24, 2.45) is 35.5 Å². The van der Waals surface area contributed by atoms with E-state index in [9.17, 15) is 27.6 Å². The number of alkyl halides is 3. The Morgan fingerprint density at radius 2 is 1.55 bits per heavy atom. The molecule has 0 spiro atoms. The van der Waals surface area contributed by atoms with Crippen molar-refractivity contribution in [1.29, 1.82) is 0 Å². The first kappa shape index (κ1) is 18.4. The average Bonchev–Trinajstić information content (AvgIpc) is 3.48. The van der Waals surface area contributed by atoms with E-state index in [-0.39, 0.29) is 35.8 Å². The van der Waals surface area contributed by atoms with Crippen LogP contribution in [0.1, 0.15) is 29.3 Å². The zero-order chi connectivity index (χ0) is 20.7. The van der Waals surface area contributed by atoms with E-state index in [1.54, 1.807) is 6.92 Å². The van der Waals surface area contributed by atoms with E-state index < -0.39 is 29.5 Å². The lowest BCUT2D eigenvalue weighted by molar-refractivity contribution is -0.154. The van der Waals surface area contributed by atoms with Crippen LogP contribution in [-0.4, -0.2) is 34.3 Å². The second-order valence-electron chi connectivity index (χ2n) is 8.24.